The maximum atomic E-state index is 12.7. The molecule has 1 amide bonds. The molecule has 0 bridgehead atoms. The third-order valence-corrected chi connectivity index (χ3v) is 5.39. The molecule has 0 spiro atoms. The summed E-state index contributed by atoms with van der Waals surface area (Å²) in [7, 11) is 1.98. The number of aryl methyl sites for hydroxylation is 1. The third-order valence-electron chi connectivity index (χ3n) is 5.19. The normalized spacial score (nSPS) is 11.1. The molecule has 0 radical (unpaired) electrons. The van der Waals surface area contributed by atoms with Crippen molar-refractivity contribution in [3.8, 4) is 11.4 Å². The highest BCUT2D eigenvalue weighted by Crippen LogP contribution is 2.25. The molecular weight excluding hydrogens is 410 g/mol. The number of fused-ring (bicyclic) bond motifs is 2. The molecule has 0 fully saturated rings. The van der Waals surface area contributed by atoms with Crippen molar-refractivity contribution in [1.29, 1.82) is 0 Å². The SMILES string of the molecule is Cn1c(-c2ccc(NC(=O)c3ccc4c(=O)[nH]c(=S)[nH]c4c3)cc2)nc2ccccc21. The fourth-order valence-corrected chi connectivity index (χ4v) is 3.82. The van der Waals surface area contributed by atoms with Crippen LogP contribution in [0.1, 0.15) is 10.4 Å². The number of carbonyl (C=O) groups excluding carboxylic acids is 1. The first kappa shape index (κ1) is 19.0. The van der Waals surface area contributed by atoms with Crippen LogP contribution < -0.4 is 10.9 Å². The molecule has 0 aliphatic carbocycles. The average molecular weight is 427 g/mol. The number of hydrogen-bond acceptors (Lipinski definition) is 4. The van der Waals surface area contributed by atoms with Crippen molar-refractivity contribution in [1.82, 2.24) is 19.5 Å². The minimum Gasteiger partial charge on any atom is -0.332 e. The Kier molecular flexibility index (Phi) is 4.48. The number of nitrogens with zero attached hydrogens (tertiary/aromatic N) is 2. The number of amides is 1. The van der Waals surface area contributed by atoms with E-state index in [2.05, 4.69) is 15.3 Å². The largest absolute Gasteiger partial charge is 0.332 e. The summed E-state index contributed by atoms with van der Waals surface area (Å²) in [6, 6.07) is 20.3. The van der Waals surface area contributed by atoms with Gasteiger partial charge in [-0.05, 0) is 66.8 Å². The van der Waals surface area contributed by atoms with Gasteiger partial charge in [-0.1, -0.05) is 12.1 Å². The number of carbonyl (C=O) groups is 1. The number of rotatable bonds is 3. The number of nitrogens with one attached hydrogen (secondary N) is 3. The van der Waals surface area contributed by atoms with Crippen molar-refractivity contribution < 1.29 is 4.79 Å². The lowest BCUT2D eigenvalue weighted by molar-refractivity contribution is 0.102. The predicted molar refractivity (Wildman–Crippen MR) is 124 cm³/mol. The van der Waals surface area contributed by atoms with Gasteiger partial charge >= 0.3 is 0 Å². The number of imidazole rings is 1. The van der Waals surface area contributed by atoms with Gasteiger partial charge in [0.1, 0.15) is 5.82 Å². The highest BCUT2D eigenvalue weighted by atomic mass is 32.1. The summed E-state index contributed by atoms with van der Waals surface area (Å²) in [6.45, 7) is 0. The van der Waals surface area contributed by atoms with Crippen LogP contribution in [0.5, 0.6) is 0 Å². The summed E-state index contributed by atoms with van der Waals surface area (Å²) < 4.78 is 2.26. The zero-order valence-electron chi connectivity index (χ0n) is 16.5. The summed E-state index contributed by atoms with van der Waals surface area (Å²) in [5.41, 5.74) is 4.25. The van der Waals surface area contributed by atoms with Crippen LogP contribution in [0.15, 0.2) is 71.5 Å². The second-order valence-electron chi connectivity index (χ2n) is 7.18. The van der Waals surface area contributed by atoms with Gasteiger partial charge in [-0.3, -0.25) is 14.6 Å². The molecule has 0 saturated heterocycles. The van der Waals surface area contributed by atoms with Crippen molar-refractivity contribution in [2.75, 3.05) is 5.32 Å². The lowest BCUT2D eigenvalue weighted by atomic mass is 10.1. The molecule has 31 heavy (non-hydrogen) atoms. The molecule has 5 aromatic rings. The van der Waals surface area contributed by atoms with E-state index < -0.39 is 0 Å². The third kappa shape index (κ3) is 3.43. The molecule has 2 aromatic heterocycles. The maximum Gasteiger partial charge on any atom is 0.259 e. The molecule has 3 N–H and O–H groups in total. The van der Waals surface area contributed by atoms with Crippen LogP contribution in [0.4, 0.5) is 5.69 Å². The van der Waals surface area contributed by atoms with Crippen LogP contribution in [0.25, 0.3) is 33.3 Å². The lowest BCUT2D eigenvalue weighted by Gasteiger charge is -2.08. The van der Waals surface area contributed by atoms with Gasteiger partial charge < -0.3 is 14.9 Å². The zero-order valence-corrected chi connectivity index (χ0v) is 17.3. The van der Waals surface area contributed by atoms with Gasteiger partial charge in [0.15, 0.2) is 4.77 Å². The van der Waals surface area contributed by atoms with Crippen molar-refractivity contribution in [2.24, 2.45) is 7.05 Å². The number of benzene rings is 3. The van der Waals surface area contributed by atoms with Crippen molar-refractivity contribution in [3.05, 3.63) is 87.4 Å². The van der Waals surface area contributed by atoms with Gasteiger partial charge in [-0.25, -0.2) is 4.98 Å². The molecule has 7 nitrogen and oxygen atoms in total. The minimum atomic E-state index is -0.289. The standard InChI is InChI=1S/C23H17N5O2S/c1-28-19-5-3-2-4-17(19)25-20(28)13-6-9-15(10-7-13)24-21(29)14-8-11-16-18(12-14)26-23(31)27-22(16)30/h2-12H,1H3,(H,24,29)(H2,26,27,30,31). The first-order chi connectivity index (χ1) is 15.0. The number of hydrogen-bond donors (Lipinski definition) is 3. The van der Waals surface area contributed by atoms with E-state index in [4.69, 9.17) is 17.2 Å². The number of aromatic nitrogens is 4. The second-order valence-corrected chi connectivity index (χ2v) is 7.59. The van der Waals surface area contributed by atoms with E-state index in [9.17, 15) is 9.59 Å². The Morgan fingerprint density at radius 3 is 2.58 bits per heavy atom. The van der Waals surface area contributed by atoms with Gasteiger partial charge in [0.2, 0.25) is 0 Å². The zero-order chi connectivity index (χ0) is 21.5. The lowest BCUT2D eigenvalue weighted by Crippen LogP contribution is -2.13. The Balaban J connectivity index is 1.41. The van der Waals surface area contributed by atoms with E-state index in [0.29, 0.717) is 22.2 Å². The van der Waals surface area contributed by atoms with Crippen LogP contribution in [0.2, 0.25) is 0 Å². The second kappa shape index (κ2) is 7.33. The Morgan fingerprint density at radius 2 is 1.81 bits per heavy atom. The van der Waals surface area contributed by atoms with E-state index in [1.165, 1.54) is 0 Å². The summed E-state index contributed by atoms with van der Waals surface area (Å²) in [5.74, 6) is 0.575. The fraction of sp³-hybridized carbons (Fsp3) is 0.0435. The van der Waals surface area contributed by atoms with E-state index in [1.807, 2.05) is 60.1 Å². The van der Waals surface area contributed by atoms with Gasteiger partial charge in [-0.15, -0.1) is 0 Å². The molecule has 3 aromatic carbocycles. The summed E-state index contributed by atoms with van der Waals surface area (Å²) in [6.07, 6.45) is 0. The van der Waals surface area contributed by atoms with Crippen molar-refractivity contribution in [3.63, 3.8) is 0 Å². The molecule has 0 aliphatic heterocycles. The quantitative estimate of drug-likeness (QED) is 0.372. The minimum absolute atomic E-state index is 0.215. The first-order valence-electron chi connectivity index (χ1n) is 9.59. The van der Waals surface area contributed by atoms with Gasteiger partial charge in [-0.2, -0.15) is 0 Å². The van der Waals surface area contributed by atoms with Crippen LogP contribution in [0, 0.1) is 4.77 Å². The Labute approximate surface area is 181 Å². The van der Waals surface area contributed by atoms with E-state index in [-0.39, 0.29) is 16.2 Å². The van der Waals surface area contributed by atoms with Gasteiger partial charge in [0, 0.05) is 23.9 Å². The highest BCUT2D eigenvalue weighted by molar-refractivity contribution is 7.71. The summed E-state index contributed by atoms with van der Waals surface area (Å²) in [4.78, 5) is 34.8. The average Bonchev–Trinajstić information content (AvgIpc) is 3.10. The molecule has 0 saturated carbocycles. The van der Waals surface area contributed by atoms with Crippen molar-refractivity contribution >= 4 is 45.7 Å². The monoisotopic (exact) mass is 427 g/mol. The maximum absolute atomic E-state index is 12.7. The molecule has 2 heterocycles. The number of anilines is 1. The highest BCUT2D eigenvalue weighted by Gasteiger charge is 2.11. The fourth-order valence-electron chi connectivity index (χ4n) is 3.62. The van der Waals surface area contributed by atoms with E-state index in [0.717, 1.165) is 22.4 Å². The van der Waals surface area contributed by atoms with Gasteiger partial charge in [0.25, 0.3) is 11.5 Å². The van der Waals surface area contributed by atoms with Crippen LogP contribution in [-0.2, 0) is 7.05 Å². The van der Waals surface area contributed by atoms with Gasteiger partial charge in [0.05, 0.1) is 21.9 Å². The number of para-hydroxylation sites is 2. The Hall–Kier alpha value is -4.04. The summed E-state index contributed by atoms with van der Waals surface area (Å²) in [5, 5.41) is 3.32. The molecule has 0 atom stereocenters. The van der Waals surface area contributed by atoms with E-state index in [1.54, 1.807) is 18.2 Å². The molecule has 5 rings (SSSR count). The molecular formula is C23H17N5O2S. The van der Waals surface area contributed by atoms with Crippen LogP contribution in [0.3, 0.4) is 0 Å². The van der Waals surface area contributed by atoms with E-state index >= 15 is 0 Å². The smallest absolute Gasteiger partial charge is 0.259 e. The molecule has 0 aliphatic rings. The molecule has 0 unspecified atom stereocenters. The van der Waals surface area contributed by atoms with Crippen LogP contribution >= 0.6 is 12.2 Å². The van der Waals surface area contributed by atoms with Crippen LogP contribution in [-0.4, -0.2) is 25.4 Å². The molecule has 152 valence electrons. The number of aromatic amines is 2. The topological polar surface area (TPSA) is 95.6 Å². The predicted octanol–water partition coefficient (Wildman–Crippen LogP) is 4.39. The first-order valence-corrected chi connectivity index (χ1v) is 10.00. The Bertz CT molecular complexity index is 1580. The number of H-pyrrole nitrogens is 2. The molecule has 8 heteroatoms. The Morgan fingerprint density at radius 1 is 1.03 bits per heavy atom. The summed E-state index contributed by atoms with van der Waals surface area (Å²) >= 11 is 5.01. The van der Waals surface area contributed by atoms with Crippen molar-refractivity contribution in [2.45, 2.75) is 0 Å².